The van der Waals surface area contributed by atoms with Crippen LogP contribution in [0.25, 0.3) is 11.3 Å². The van der Waals surface area contributed by atoms with E-state index in [2.05, 4.69) is 4.98 Å². The normalized spacial score (nSPS) is 11.2. The van der Waals surface area contributed by atoms with E-state index in [1.165, 1.54) is 6.07 Å². The second kappa shape index (κ2) is 4.61. The molecule has 1 heterocycles. The van der Waals surface area contributed by atoms with E-state index >= 15 is 0 Å². The summed E-state index contributed by atoms with van der Waals surface area (Å²) in [6, 6.07) is 4.70. The molecule has 1 aromatic heterocycles. The summed E-state index contributed by atoms with van der Waals surface area (Å²) in [6.07, 6.45) is 0. The van der Waals surface area contributed by atoms with Crippen LogP contribution in [-0.2, 0) is 0 Å². The summed E-state index contributed by atoms with van der Waals surface area (Å²) < 4.78 is 15.7. The molecule has 18 heavy (non-hydrogen) atoms. The quantitative estimate of drug-likeness (QED) is 0.899. The summed E-state index contributed by atoms with van der Waals surface area (Å²) in [5.74, 6) is 0.772. The molecule has 1 aromatic carbocycles. The highest BCUT2D eigenvalue weighted by atomic mass is 35.5. The SMILES string of the molecule is Cc1nc(-c2c(F)cccc2Cl)c(N)n1C(C)C. The minimum absolute atomic E-state index is 0.164. The van der Waals surface area contributed by atoms with E-state index in [-0.39, 0.29) is 11.6 Å². The molecule has 0 bridgehead atoms. The molecule has 96 valence electrons. The number of benzene rings is 1. The van der Waals surface area contributed by atoms with Gasteiger partial charge in [-0.15, -0.1) is 0 Å². The topological polar surface area (TPSA) is 43.8 Å². The van der Waals surface area contributed by atoms with Crippen LogP contribution in [0.2, 0.25) is 5.02 Å². The van der Waals surface area contributed by atoms with Crippen molar-refractivity contribution in [3.63, 3.8) is 0 Å². The Hall–Kier alpha value is -1.55. The lowest BCUT2D eigenvalue weighted by Crippen LogP contribution is -2.07. The maximum Gasteiger partial charge on any atom is 0.134 e. The second-order valence-corrected chi connectivity index (χ2v) is 4.86. The van der Waals surface area contributed by atoms with Gasteiger partial charge in [0.05, 0.1) is 10.6 Å². The number of nitrogen functional groups attached to an aromatic ring is 1. The van der Waals surface area contributed by atoms with Crippen molar-refractivity contribution in [3.05, 3.63) is 34.9 Å². The van der Waals surface area contributed by atoms with Crippen molar-refractivity contribution >= 4 is 17.4 Å². The van der Waals surface area contributed by atoms with Gasteiger partial charge in [0.15, 0.2) is 0 Å². The van der Waals surface area contributed by atoms with E-state index < -0.39 is 5.82 Å². The molecule has 0 aliphatic heterocycles. The molecule has 5 heteroatoms. The lowest BCUT2D eigenvalue weighted by atomic mass is 10.1. The number of anilines is 1. The Balaban J connectivity index is 2.70. The van der Waals surface area contributed by atoms with Gasteiger partial charge in [0.1, 0.15) is 23.2 Å². The smallest absolute Gasteiger partial charge is 0.134 e. The molecule has 0 aliphatic rings. The Morgan fingerprint density at radius 2 is 2.06 bits per heavy atom. The van der Waals surface area contributed by atoms with Crippen molar-refractivity contribution in [1.82, 2.24) is 9.55 Å². The maximum absolute atomic E-state index is 13.9. The van der Waals surface area contributed by atoms with Gasteiger partial charge in [-0.3, -0.25) is 0 Å². The molecule has 2 rings (SSSR count). The van der Waals surface area contributed by atoms with E-state index in [0.29, 0.717) is 16.5 Å². The standard InChI is InChI=1S/C13H15ClFN3/c1-7(2)18-8(3)17-12(13(18)16)11-9(14)5-4-6-10(11)15/h4-7H,16H2,1-3H3. The summed E-state index contributed by atoms with van der Waals surface area (Å²) in [5, 5.41) is 0.315. The third-order valence-corrected chi connectivity index (χ3v) is 3.16. The van der Waals surface area contributed by atoms with Crippen LogP contribution in [-0.4, -0.2) is 9.55 Å². The van der Waals surface area contributed by atoms with Crippen molar-refractivity contribution in [2.45, 2.75) is 26.8 Å². The van der Waals surface area contributed by atoms with Gasteiger partial charge in [-0.25, -0.2) is 9.37 Å². The van der Waals surface area contributed by atoms with Gasteiger partial charge in [0.2, 0.25) is 0 Å². The zero-order valence-corrected chi connectivity index (χ0v) is 11.3. The molecular weight excluding hydrogens is 253 g/mol. The predicted octanol–water partition coefficient (Wildman–Crippen LogP) is 3.81. The Bertz CT molecular complexity index is 570. The highest BCUT2D eigenvalue weighted by Crippen LogP contribution is 2.35. The van der Waals surface area contributed by atoms with Gasteiger partial charge in [-0.2, -0.15) is 0 Å². The molecule has 0 amide bonds. The number of hydrogen-bond donors (Lipinski definition) is 1. The largest absolute Gasteiger partial charge is 0.383 e. The van der Waals surface area contributed by atoms with Gasteiger partial charge in [-0.05, 0) is 32.9 Å². The van der Waals surface area contributed by atoms with Crippen molar-refractivity contribution in [3.8, 4) is 11.3 Å². The summed E-state index contributed by atoms with van der Waals surface area (Å²) in [5.41, 5.74) is 6.72. The summed E-state index contributed by atoms with van der Waals surface area (Å²) in [4.78, 5) is 4.34. The number of rotatable bonds is 2. The van der Waals surface area contributed by atoms with E-state index in [1.807, 2.05) is 25.3 Å². The molecule has 0 aliphatic carbocycles. The fraction of sp³-hybridized carbons (Fsp3) is 0.308. The first-order chi connectivity index (χ1) is 8.43. The Labute approximate surface area is 110 Å². The lowest BCUT2D eigenvalue weighted by molar-refractivity contribution is 0.590. The van der Waals surface area contributed by atoms with Crippen LogP contribution in [0.15, 0.2) is 18.2 Å². The maximum atomic E-state index is 13.9. The molecule has 2 N–H and O–H groups in total. The molecule has 2 aromatic rings. The fourth-order valence-corrected chi connectivity index (χ4v) is 2.37. The first-order valence-corrected chi connectivity index (χ1v) is 6.10. The van der Waals surface area contributed by atoms with Crippen LogP contribution in [0.4, 0.5) is 10.2 Å². The van der Waals surface area contributed by atoms with E-state index in [1.54, 1.807) is 12.1 Å². The van der Waals surface area contributed by atoms with Gasteiger partial charge in [0, 0.05) is 6.04 Å². The number of aryl methyl sites for hydroxylation is 1. The average molecular weight is 268 g/mol. The number of nitrogens with zero attached hydrogens (tertiary/aromatic N) is 2. The molecular formula is C13H15ClFN3. The lowest BCUT2D eigenvalue weighted by Gasteiger charge is -2.11. The van der Waals surface area contributed by atoms with Crippen LogP contribution < -0.4 is 5.73 Å². The minimum Gasteiger partial charge on any atom is -0.383 e. The van der Waals surface area contributed by atoms with Gasteiger partial charge < -0.3 is 10.3 Å². The number of aromatic nitrogens is 2. The molecule has 0 unspecified atom stereocenters. The first-order valence-electron chi connectivity index (χ1n) is 5.72. The summed E-state index contributed by atoms with van der Waals surface area (Å²) >= 11 is 6.03. The Kier molecular flexibility index (Phi) is 3.30. The van der Waals surface area contributed by atoms with E-state index in [0.717, 1.165) is 5.82 Å². The van der Waals surface area contributed by atoms with Gasteiger partial charge >= 0.3 is 0 Å². The van der Waals surface area contributed by atoms with Crippen LogP contribution in [0.5, 0.6) is 0 Å². The van der Waals surface area contributed by atoms with Crippen molar-refractivity contribution in [1.29, 1.82) is 0 Å². The third-order valence-electron chi connectivity index (χ3n) is 2.84. The van der Waals surface area contributed by atoms with Crippen LogP contribution in [0.1, 0.15) is 25.7 Å². The van der Waals surface area contributed by atoms with E-state index in [9.17, 15) is 4.39 Å². The molecule has 0 radical (unpaired) electrons. The molecule has 0 fully saturated rings. The second-order valence-electron chi connectivity index (χ2n) is 4.45. The molecule has 0 saturated heterocycles. The van der Waals surface area contributed by atoms with Crippen LogP contribution in [0.3, 0.4) is 0 Å². The first kappa shape index (κ1) is 12.9. The van der Waals surface area contributed by atoms with Gasteiger partial charge in [0.25, 0.3) is 0 Å². The van der Waals surface area contributed by atoms with E-state index in [4.69, 9.17) is 17.3 Å². The molecule has 3 nitrogen and oxygen atoms in total. The van der Waals surface area contributed by atoms with Gasteiger partial charge in [-0.1, -0.05) is 17.7 Å². The minimum atomic E-state index is -0.414. The van der Waals surface area contributed by atoms with Crippen molar-refractivity contribution < 1.29 is 4.39 Å². The zero-order chi connectivity index (χ0) is 13.4. The summed E-state index contributed by atoms with van der Waals surface area (Å²) in [7, 11) is 0. The van der Waals surface area contributed by atoms with Crippen LogP contribution in [0, 0.1) is 12.7 Å². The molecule has 0 spiro atoms. The highest BCUT2D eigenvalue weighted by Gasteiger charge is 2.20. The van der Waals surface area contributed by atoms with Crippen molar-refractivity contribution in [2.75, 3.05) is 5.73 Å². The highest BCUT2D eigenvalue weighted by molar-refractivity contribution is 6.33. The molecule has 0 atom stereocenters. The van der Waals surface area contributed by atoms with Crippen molar-refractivity contribution in [2.24, 2.45) is 0 Å². The average Bonchev–Trinajstić information content (AvgIpc) is 2.54. The summed E-state index contributed by atoms with van der Waals surface area (Å²) in [6.45, 7) is 5.84. The number of hydrogen-bond acceptors (Lipinski definition) is 2. The number of imidazole rings is 1. The fourth-order valence-electron chi connectivity index (χ4n) is 2.12. The number of nitrogens with two attached hydrogens (primary N) is 1. The zero-order valence-electron chi connectivity index (χ0n) is 10.5. The number of halogens is 2. The molecule has 0 saturated carbocycles. The Morgan fingerprint density at radius 3 is 2.56 bits per heavy atom. The third kappa shape index (κ3) is 1.97. The predicted molar refractivity (Wildman–Crippen MR) is 72.2 cm³/mol. The Morgan fingerprint density at radius 1 is 1.39 bits per heavy atom. The monoisotopic (exact) mass is 267 g/mol. The van der Waals surface area contributed by atoms with Crippen LogP contribution >= 0.6 is 11.6 Å².